The summed E-state index contributed by atoms with van der Waals surface area (Å²) in [5.41, 5.74) is 3.68. The molecule has 2 aromatic rings. The average Bonchev–Trinajstić information content (AvgIpc) is 3.55. The van der Waals surface area contributed by atoms with Crippen LogP contribution in [0.2, 0.25) is 0 Å². The molecule has 6 aliphatic rings. The van der Waals surface area contributed by atoms with Crippen molar-refractivity contribution in [1.29, 1.82) is 0 Å². The van der Waals surface area contributed by atoms with Gasteiger partial charge in [0.05, 0.1) is 36.6 Å². The van der Waals surface area contributed by atoms with E-state index in [9.17, 15) is 9.59 Å². The molecule has 5 heterocycles. The summed E-state index contributed by atoms with van der Waals surface area (Å²) in [7, 11) is 0. The zero-order valence-electron chi connectivity index (χ0n) is 33.4. The van der Waals surface area contributed by atoms with E-state index in [1.54, 1.807) is 11.1 Å². The molecule has 1 N–H and O–H groups in total. The van der Waals surface area contributed by atoms with Gasteiger partial charge in [0.1, 0.15) is 17.1 Å². The molecule has 2 amide bonds. The zero-order valence-corrected chi connectivity index (χ0v) is 33.4. The smallest absolute Gasteiger partial charge is 0.410 e. The van der Waals surface area contributed by atoms with E-state index >= 15 is 0 Å². The molecule has 3 saturated carbocycles. The quantitative estimate of drug-likeness (QED) is 0.301. The van der Waals surface area contributed by atoms with Crippen LogP contribution in [0.1, 0.15) is 128 Å². The summed E-state index contributed by atoms with van der Waals surface area (Å²) in [6.45, 7) is 14.5. The summed E-state index contributed by atoms with van der Waals surface area (Å²) >= 11 is 0. The maximum absolute atomic E-state index is 14.0. The maximum Gasteiger partial charge on any atom is 0.410 e. The lowest BCUT2D eigenvalue weighted by Crippen LogP contribution is -2.49. The number of nitrogens with one attached hydrogen (secondary N) is 1. The van der Waals surface area contributed by atoms with Gasteiger partial charge in [-0.15, -0.1) is 0 Å². The lowest BCUT2D eigenvalue weighted by Gasteiger charge is -2.40. The summed E-state index contributed by atoms with van der Waals surface area (Å²) in [4.78, 5) is 39.2. The highest BCUT2D eigenvalue weighted by Crippen LogP contribution is 2.47. The summed E-state index contributed by atoms with van der Waals surface area (Å²) in [5.74, 6) is 2.36. The monoisotopic (exact) mass is 745 g/mol. The number of rotatable bonds is 8. The van der Waals surface area contributed by atoms with Crippen molar-refractivity contribution in [1.82, 2.24) is 25.1 Å². The van der Waals surface area contributed by atoms with Crippen LogP contribution in [0.4, 0.5) is 4.79 Å². The first kappa shape index (κ1) is 38.8. The van der Waals surface area contributed by atoms with Gasteiger partial charge >= 0.3 is 6.09 Å². The Kier molecular flexibility index (Phi) is 12.0. The molecule has 0 radical (unpaired) electrons. The van der Waals surface area contributed by atoms with Crippen LogP contribution in [0.15, 0.2) is 24.5 Å². The van der Waals surface area contributed by atoms with E-state index in [0.717, 1.165) is 124 Å². The topological polar surface area (TPSA) is 115 Å². The van der Waals surface area contributed by atoms with Crippen LogP contribution in [0.3, 0.4) is 0 Å². The van der Waals surface area contributed by atoms with Gasteiger partial charge in [-0.25, -0.2) is 4.79 Å². The van der Waals surface area contributed by atoms with Gasteiger partial charge < -0.3 is 34.1 Å². The largest absolute Gasteiger partial charge is 0.489 e. The summed E-state index contributed by atoms with van der Waals surface area (Å²) in [6.07, 6.45) is 17.9. The van der Waals surface area contributed by atoms with Crippen LogP contribution in [0.25, 0.3) is 0 Å². The number of amides is 2. The third kappa shape index (κ3) is 9.32. The molecule has 4 fully saturated rings. The molecule has 0 aromatic carbocycles. The van der Waals surface area contributed by atoms with E-state index < -0.39 is 5.60 Å². The van der Waals surface area contributed by atoms with Crippen LogP contribution in [0, 0.1) is 11.3 Å². The number of aromatic nitrogens is 2. The molecule has 2 aromatic heterocycles. The zero-order chi connectivity index (χ0) is 37.9. The molecule has 3 aliphatic heterocycles. The molecule has 11 nitrogen and oxygen atoms in total. The Hall–Kier alpha value is -3.44. The molecular formula is C43H63N5O6. The fraction of sp³-hybridized carbons (Fsp3) is 0.721. The third-order valence-electron chi connectivity index (χ3n) is 12.5. The molecule has 3 aliphatic carbocycles. The van der Waals surface area contributed by atoms with Crippen molar-refractivity contribution in [2.45, 2.75) is 161 Å². The van der Waals surface area contributed by atoms with Gasteiger partial charge in [-0.05, 0) is 121 Å². The van der Waals surface area contributed by atoms with Crippen molar-refractivity contribution in [3.63, 3.8) is 0 Å². The number of carbonyl (C=O) groups is 2. The Morgan fingerprint density at radius 2 is 1.37 bits per heavy atom. The normalized spacial score (nSPS) is 24.7. The van der Waals surface area contributed by atoms with Crippen molar-refractivity contribution in [2.75, 3.05) is 26.3 Å². The molecule has 296 valence electrons. The van der Waals surface area contributed by atoms with Crippen molar-refractivity contribution in [3.05, 3.63) is 47.0 Å². The molecule has 0 unspecified atom stereocenters. The van der Waals surface area contributed by atoms with E-state index in [2.05, 4.69) is 40.1 Å². The summed E-state index contributed by atoms with van der Waals surface area (Å²) in [5, 5.41) is 3.86. The number of hydrogen-bond acceptors (Lipinski definition) is 9. The lowest BCUT2D eigenvalue weighted by atomic mass is 9.74. The van der Waals surface area contributed by atoms with Crippen molar-refractivity contribution in [3.8, 4) is 11.5 Å². The van der Waals surface area contributed by atoms with E-state index in [-0.39, 0.29) is 11.5 Å². The number of hydrogen-bond donors (Lipinski definition) is 1. The van der Waals surface area contributed by atoms with Gasteiger partial charge in [-0.2, -0.15) is 0 Å². The highest BCUT2D eigenvalue weighted by atomic mass is 16.6. The van der Waals surface area contributed by atoms with Crippen LogP contribution in [-0.2, 0) is 40.2 Å². The maximum atomic E-state index is 14.0. The van der Waals surface area contributed by atoms with Crippen LogP contribution in [-0.4, -0.2) is 88.0 Å². The second-order valence-corrected chi connectivity index (χ2v) is 17.8. The fourth-order valence-corrected chi connectivity index (χ4v) is 8.65. The molecule has 2 atom stereocenters. The Balaban J connectivity index is 0.000000179. The number of nitrogens with zero attached hydrogens (tertiary/aromatic N) is 4. The standard InChI is InChI=1S/C26H39N3O3.C17H24N2O3/c1-18(2)26(10-6-21(15-26)28-20-8-12-31-13-9-20)25(30)29-11-7-24-19(17-29)14-23(16-27-24)32-22-4-3-5-22;1-17(2,3)22-16(20)19-8-7-15-12(11-19)9-14(10-18-15)21-13-5-4-6-13/h14,16,18,20-22,28H,3-13,15,17H2,1-2H3;9-10,13H,4-8,11H2,1-3H3/t21-,26+;/m1./s1. The molecule has 11 heteroatoms. The van der Waals surface area contributed by atoms with Gasteiger partial charge in [0.15, 0.2) is 0 Å². The van der Waals surface area contributed by atoms with E-state index in [4.69, 9.17) is 18.9 Å². The highest BCUT2D eigenvalue weighted by molar-refractivity contribution is 5.84. The molecule has 1 saturated heterocycles. The minimum Gasteiger partial charge on any atom is -0.489 e. The number of pyridine rings is 2. The first-order valence-corrected chi connectivity index (χ1v) is 20.8. The van der Waals surface area contributed by atoms with Crippen molar-refractivity contribution >= 4 is 12.0 Å². The van der Waals surface area contributed by atoms with Gasteiger partial charge in [0, 0.05) is 69.2 Å². The Morgan fingerprint density at radius 3 is 1.89 bits per heavy atom. The van der Waals surface area contributed by atoms with Crippen molar-refractivity contribution in [2.24, 2.45) is 11.3 Å². The minimum absolute atomic E-state index is 0.256. The van der Waals surface area contributed by atoms with Gasteiger partial charge in [-0.1, -0.05) is 13.8 Å². The van der Waals surface area contributed by atoms with Crippen molar-refractivity contribution < 1.29 is 28.5 Å². The minimum atomic E-state index is -0.467. The molecular weight excluding hydrogens is 683 g/mol. The van der Waals surface area contributed by atoms with Crippen LogP contribution in [0.5, 0.6) is 11.5 Å². The van der Waals surface area contributed by atoms with Gasteiger partial charge in [-0.3, -0.25) is 14.8 Å². The second kappa shape index (κ2) is 16.7. The van der Waals surface area contributed by atoms with E-state index in [1.807, 2.05) is 33.0 Å². The van der Waals surface area contributed by atoms with Gasteiger partial charge in [0.2, 0.25) is 5.91 Å². The SMILES string of the molecule is CC(C)(C)OC(=O)N1CCc2ncc(OC3CCC3)cc2C1.CC(C)[C@]1(C(=O)N2CCc3ncc(OC4CCC4)cc3C2)CC[C@@H](NC2CCOCC2)C1. The van der Waals surface area contributed by atoms with E-state index in [0.29, 0.717) is 55.8 Å². The van der Waals surface area contributed by atoms with E-state index in [1.165, 1.54) is 12.8 Å². The first-order chi connectivity index (χ1) is 25.9. The average molecular weight is 746 g/mol. The number of fused-ring (bicyclic) bond motifs is 2. The number of ether oxygens (including phenoxy) is 4. The summed E-state index contributed by atoms with van der Waals surface area (Å²) in [6, 6.07) is 5.13. The lowest BCUT2D eigenvalue weighted by molar-refractivity contribution is -0.146. The Bertz CT molecular complexity index is 1610. The Morgan fingerprint density at radius 1 is 0.815 bits per heavy atom. The Labute approximate surface area is 322 Å². The molecule has 0 spiro atoms. The van der Waals surface area contributed by atoms with Crippen LogP contribution < -0.4 is 14.8 Å². The molecule has 0 bridgehead atoms. The van der Waals surface area contributed by atoms with Gasteiger partial charge in [0.25, 0.3) is 0 Å². The summed E-state index contributed by atoms with van der Waals surface area (Å²) < 4.78 is 22.9. The predicted molar refractivity (Wildman–Crippen MR) is 206 cm³/mol. The second-order valence-electron chi connectivity index (χ2n) is 17.8. The first-order valence-electron chi connectivity index (χ1n) is 20.8. The fourth-order valence-electron chi connectivity index (χ4n) is 8.65. The third-order valence-corrected chi connectivity index (χ3v) is 12.5. The predicted octanol–water partition coefficient (Wildman–Crippen LogP) is 7.17. The molecule has 8 rings (SSSR count). The van der Waals surface area contributed by atoms with Crippen LogP contribution >= 0.6 is 0 Å². The highest BCUT2D eigenvalue weighted by Gasteiger charge is 2.50. The molecule has 54 heavy (non-hydrogen) atoms. The number of carbonyl (C=O) groups excluding carboxylic acids is 2.